The quantitative estimate of drug-likeness (QED) is 0.864. The molecule has 0 saturated carbocycles. The van der Waals surface area contributed by atoms with Gasteiger partial charge in [-0.15, -0.1) is 0 Å². The fourth-order valence-electron chi connectivity index (χ4n) is 2.50. The molecule has 0 radical (unpaired) electrons. The number of fused-ring (bicyclic) bond motifs is 1. The first-order chi connectivity index (χ1) is 8.83. The third-order valence-electron chi connectivity index (χ3n) is 3.46. The van der Waals surface area contributed by atoms with Crippen LogP contribution in [0.15, 0.2) is 48.5 Å². The van der Waals surface area contributed by atoms with E-state index in [-0.39, 0.29) is 6.04 Å². The maximum Gasteiger partial charge on any atom is 0.127 e. The molecule has 2 aromatic rings. The SMILES string of the molecule is N[C@H]1CCCc2ccc(Oc3ccccc3)cc21. The van der Waals surface area contributed by atoms with E-state index in [1.807, 2.05) is 36.4 Å². The van der Waals surface area contributed by atoms with E-state index >= 15 is 0 Å². The lowest BCUT2D eigenvalue weighted by Gasteiger charge is -2.22. The van der Waals surface area contributed by atoms with Crippen LogP contribution in [0, 0.1) is 0 Å². The van der Waals surface area contributed by atoms with Crippen molar-refractivity contribution in [3.8, 4) is 11.5 Å². The van der Waals surface area contributed by atoms with Gasteiger partial charge in [0.2, 0.25) is 0 Å². The van der Waals surface area contributed by atoms with Crippen molar-refractivity contribution in [2.24, 2.45) is 5.73 Å². The molecule has 2 heteroatoms. The molecule has 0 aromatic heterocycles. The van der Waals surface area contributed by atoms with E-state index in [1.165, 1.54) is 17.5 Å². The Bertz CT molecular complexity index is 536. The number of hydrogen-bond donors (Lipinski definition) is 1. The van der Waals surface area contributed by atoms with Gasteiger partial charge in [0.15, 0.2) is 0 Å². The van der Waals surface area contributed by atoms with Gasteiger partial charge in [-0.25, -0.2) is 0 Å². The Morgan fingerprint density at radius 2 is 1.83 bits per heavy atom. The molecule has 0 fully saturated rings. The van der Waals surface area contributed by atoms with Crippen molar-refractivity contribution >= 4 is 0 Å². The van der Waals surface area contributed by atoms with Crippen molar-refractivity contribution in [2.75, 3.05) is 0 Å². The van der Waals surface area contributed by atoms with Crippen LogP contribution >= 0.6 is 0 Å². The second kappa shape index (κ2) is 4.83. The molecule has 0 amide bonds. The van der Waals surface area contributed by atoms with Gasteiger partial charge in [0, 0.05) is 6.04 Å². The van der Waals surface area contributed by atoms with E-state index in [9.17, 15) is 0 Å². The van der Waals surface area contributed by atoms with Crippen molar-refractivity contribution in [3.63, 3.8) is 0 Å². The normalized spacial score (nSPS) is 18.2. The molecule has 0 heterocycles. The van der Waals surface area contributed by atoms with Gasteiger partial charge in [0.05, 0.1) is 0 Å². The van der Waals surface area contributed by atoms with Crippen LogP contribution in [0.5, 0.6) is 11.5 Å². The van der Waals surface area contributed by atoms with Crippen LogP contribution in [0.2, 0.25) is 0 Å². The summed E-state index contributed by atoms with van der Waals surface area (Å²) in [4.78, 5) is 0. The molecule has 18 heavy (non-hydrogen) atoms. The van der Waals surface area contributed by atoms with E-state index in [0.29, 0.717) is 0 Å². The van der Waals surface area contributed by atoms with Crippen molar-refractivity contribution in [1.82, 2.24) is 0 Å². The third-order valence-corrected chi connectivity index (χ3v) is 3.46. The molecule has 2 aromatic carbocycles. The van der Waals surface area contributed by atoms with E-state index in [4.69, 9.17) is 10.5 Å². The zero-order chi connectivity index (χ0) is 12.4. The lowest BCUT2D eigenvalue weighted by atomic mass is 9.88. The van der Waals surface area contributed by atoms with Crippen LogP contribution < -0.4 is 10.5 Å². The molecule has 2 N–H and O–H groups in total. The van der Waals surface area contributed by atoms with E-state index in [0.717, 1.165) is 24.3 Å². The Hall–Kier alpha value is -1.80. The number of ether oxygens (including phenoxy) is 1. The second-order valence-electron chi connectivity index (χ2n) is 4.77. The number of aryl methyl sites for hydroxylation is 1. The average molecular weight is 239 g/mol. The summed E-state index contributed by atoms with van der Waals surface area (Å²) in [6.07, 6.45) is 3.39. The smallest absolute Gasteiger partial charge is 0.127 e. The lowest BCUT2D eigenvalue weighted by Crippen LogP contribution is -2.17. The molecule has 3 rings (SSSR count). The predicted molar refractivity (Wildman–Crippen MR) is 72.8 cm³/mol. The summed E-state index contributed by atoms with van der Waals surface area (Å²) in [5.74, 6) is 1.74. The number of hydrogen-bond acceptors (Lipinski definition) is 2. The molecule has 0 bridgehead atoms. The summed E-state index contributed by atoms with van der Waals surface area (Å²) in [6.45, 7) is 0. The first kappa shape index (κ1) is 11.3. The minimum atomic E-state index is 0.160. The predicted octanol–water partition coefficient (Wildman–Crippen LogP) is 3.82. The molecule has 0 spiro atoms. The largest absolute Gasteiger partial charge is 0.457 e. The van der Waals surface area contributed by atoms with Gasteiger partial charge in [-0.2, -0.15) is 0 Å². The molecule has 92 valence electrons. The molecule has 0 saturated heterocycles. The Balaban J connectivity index is 1.88. The van der Waals surface area contributed by atoms with E-state index in [2.05, 4.69) is 12.1 Å². The van der Waals surface area contributed by atoms with Gasteiger partial charge in [-0.3, -0.25) is 0 Å². The highest BCUT2D eigenvalue weighted by molar-refractivity contribution is 5.41. The van der Waals surface area contributed by atoms with Gasteiger partial charge in [-0.05, 0) is 54.7 Å². The van der Waals surface area contributed by atoms with Crippen LogP contribution in [0.3, 0.4) is 0 Å². The zero-order valence-electron chi connectivity index (χ0n) is 10.3. The van der Waals surface area contributed by atoms with Crippen molar-refractivity contribution < 1.29 is 4.74 Å². The van der Waals surface area contributed by atoms with Crippen LogP contribution in [0.25, 0.3) is 0 Å². The molecule has 0 aliphatic heterocycles. The van der Waals surface area contributed by atoms with Gasteiger partial charge >= 0.3 is 0 Å². The van der Waals surface area contributed by atoms with Gasteiger partial charge < -0.3 is 10.5 Å². The van der Waals surface area contributed by atoms with Gasteiger partial charge in [0.1, 0.15) is 11.5 Å². The number of nitrogens with two attached hydrogens (primary N) is 1. The second-order valence-corrected chi connectivity index (χ2v) is 4.77. The molecule has 0 unspecified atom stereocenters. The van der Waals surface area contributed by atoms with Gasteiger partial charge in [0.25, 0.3) is 0 Å². The fraction of sp³-hybridized carbons (Fsp3) is 0.250. The summed E-state index contributed by atoms with van der Waals surface area (Å²) in [6, 6.07) is 16.3. The highest BCUT2D eigenvalue weighted by atomic mass is 16.5. The Morgan fingerprint density at radius 1 is 1.00 bits per heavy atom. The number of rotatable bonds is 2. The summed E-state index contributed by atoms with van der Waals surface area (Å²) in [5.41, 5.74) is 8.77. The summed E-state index contributed by atoms with van der Waals surface area (Å²) < 4.78 is 5.84. The van der Waals surface area contributed by atoms with Crippen molar-refractivity contribution in [2.45, 2.75) is 25.3 Å². The Labute approximate surface area is 107 Å². The minimum absolute atomic E-state index is 0.160. The van der Waals surface area contributed by atoms with Crippen LogP contribution in [-0.4, -0.2) is 0 Å². The lowest BCUT2D eigenvalue weighted by molar-refractivity contribution is 0.478. The zero-order valence-corrected chi connectivity index (χ0v) is 10.3. The number of benzene rings is 2. The monoisotopic (exact) mass is 239 g/mol. The third kappa shape index (κ3) is 2.24. The molecule has 2 nitrogen and oxygen atoms in total. The summed E-state index contributed by atoms with van der Waals surface area (Å²) in [5, 5.41) is 0. The van der Waals surface area contributed by atoms with Crippen LogP contribution in [-0.2, 0) is 6.42 Å². The Morgan fingerprint density at radius 3 is 2.67 bits per heavy atom. The van der Waals surface area contributed by atoms with Gasteiger partial charge in [-0.1, -0.05) is 24.3 Å². The number of para-hydroxylation sites is 1. The fourth-order valence-corrected chi connectivity index (χ4v) is 2.50. The first-order valence-electron chi connectivity index (χ1n) is 6.44. The highest BCUT2D eigenvalue weighted by Crippen LogP contribution is 2.32. The molecular formula is C16H17NO. The summed E-state index contributed by atoms with van der Waals surface area (Å²) >= 11 is 0. The maximum absolute atomic E-state index is 6.15. The highest BCUT2D eigenvalue weighted by Gasteiger charge is 2.17. The topological polar surface area (TPSA) is 35.2 Å². The molecular weight excluding hydrogens is 222 g/mol. The molecule has 1 atom stereocenters. The van der Waals surface area contributed by atoms with Crippen molar-refractivity contribution in [1.29, 1.82) is 0 Å². The Kier molecular flexibility index (Phi) is 3.03. The minimum Gasteiger partial charge on any atom is -0.457 e. The standard InChI is InChI=1S/C16H17NO/c17-16-8-4-5-12-9-10-14(11-15(12)16)18-13-6-2-1-3-7-13/h1-3,6-7,9-11,16H,4-5,8,17H2/t16-/m0/s1. The van der Waals surface area contributed by atoms with E-state index < -0.39 is 0 Å². The molecule has 1 aliphatic carbocycles. The van der Waals surface area contributed by atoms with Crippen LogP contribution in [0.4, 0.5) is 0 Å². The first-order valence-corrected chi connectivity index (χ1v) is 6.44. The van der Waals surface area contributed by atoms with E-state index in [1.54, 1.807) is 0 Å². The maximum atomic E-state index is 6.15. The van der Waals surface area contributed by atoms with Crippen LogP contribution in [0.1, 0.15) is 30.0 Å². The van der Waals surface area contributed by atoms with Crippen molar-refractivity contribution in [3.05, 3.63) is 59.7 Å². The molecule has 1 aliphatic rings. The average Bonchev–Trinajstić information content (AvgIpc) is 2.41. The summed E-state index contributed by atoms with van der Waals surface area (Å²) in [7, 11) is 0.